The van der Waals surface area contributed by atoms with E-state index in [0.717, 1.165) is 19.4 Å². The summed E-state index contributed by atoms with van der Waals surface area (Å²) in [4.78, 5) is 26.0. The van der Waals surface area contributed by atoms with Crippen LogP contribution >= 0.6 is 0 Å². The average Bonchev–Trinajstić information content (AvgIpc) is 3.18. The maximum Gasteiger partial charge on any atom is 0.228 e. The van der Waals surface area contributed by atoms with E-state index in [1.54, 1.807) is 0 Å². The van der Waals surface area contributed by atoms with Crippen molar-refractivity contribution < 1.29 is 9.59 Å². The summed E-state index contributed by atoms with van der Waals surface area (Å²) < 4.78 is 0. The van der Waals surface area contributed by atoms with Crippen LogP contribution in [0.5, 0.6) is 0 Å². The number of amides is 2. The van der Waals surface area contributed by atoms with Crippen LogP contribution in [0.3, 0.4) is 0 Å². The fourth-order valence-electron chi connectivity index (χ4n) is 3.47. The van der Waals surface area contributed by atoms with E-state index in [-0.39, 0.29) is 17.7 Å². The summed E-state index contributed by atoms with van der Waals surface area (Å²) >= 11 is 0. The van der Waals surface area contributed by atoms with Crippen LogP contribution in [0.1, 0.15) is 51.4 Å². The maximum atomic E-state index is 12.6. The zero-order chi connectivity index (χ0) is 13.2. The second-order valence-electron chi connectivity index (χ2n) is 6.43. The average molecular weight is 264 g/mol. The number of hydrogen-bond acceptors (Lipinski definition) is 2. The van der Waals surface area contributed by atoms with Crippen molar-refractivity contribution >= 4 is 11.8 Å². The van der Waals surface area contributed by atoms with Crippen LogP contribution in [-0.2, 0) is 9.59 Å². The summed E-state index contributed by atoms with van der Waals surface area (Å²) in [6, 6.07) is 0.477. The molecule has 2 saturated carbocycles. The van der Waals surface area contributed by atoms with Gasteiger partial charge in [-0.05, 0) is 31.6 Å². The number of nitrogens with one attached hydrogen (secondary N) is 1. The summed E-state index contributed by atoms with van der Waals surface area (Å²) in [5.41, 5.74) is 0. The van der Waals surface area contributed by atoms with Crippen LogP contribution in [0.15, 0.2) is 0 Å². The first-order valence-electron chi connectivity index (χ1n) is 7.81. The van der Waals surface area contributed by atoms with Crippen molar-refractivity contribution in [3.8, 4) is 0 Å². The lowest BCUT2D eigenvalue weighted by molar-refractivity contribution is -0.137. The van der Waals surface area contributed by atoms with E-state index >= 15 is 0 Å². The van der Waals surface area contributed by atoms with Gasteiger partial charge < -0.3 is 10.2 Å². The van der Waals surface area contributed by atoms with E-state index in [9.17, 15) is 9.59 Å². The lowest BCUT2D eigenvalue weighted by Crippen LogP contribution is -2.42. The van der Waals surface area contributed by atoms with Crippen molar-refractivity contribution in [3.05, 3.63) is 0 Å². The maximum absolute atomic E-state index is 12.6. The first-order chi connectivity index (χ1) is 9.24. The molecule has 2 aliphatic carbocycles. The highest BCUT2D eigenvalue weighted by Gasteiger charge is 2.39. The second-order valence-corrected chi connectivity index (χ2v) is 6.43. The van der Waals surface area contributed by atoms with Gasteiger partial charge in [-0.2, -0.15) is 0 Å². The monoisotopic (exact) mass is 264 g/mol. The molecule has 1 N–H and O–H groups in total. The predicted octanol–water partition coefficient (Wildman–Crippen LogP) is 1.69. The highest BCUT2D eigenvalue weighted by molar-refractivity contribution is 5.89. The Morgan fingerprint density at radius 2 is 1.89 bits per heavy atom. The number of carbonyl (C=O) groups is 2. The normalized spacial score (nSPS) is 28.2. The van der Waals surface area contributed by atoms with Crippen LogP contribution < -0.4 is 5.32 Å². The molecule has 19 heavy (non-hydrogen) atoms. The first kappa shape index (κ1) is 12.9. The summed E-state index contributed by atoms with van der Waals surface area (Å²) in [6.07, 6.45) is 9.26. The van der Waals surface area contributed by atoms with Gasteiger partial charge in [0, 0.05) is 25.6 Å². The Kier molecular flexibility index (Phi) is 3.76. The van der Waals surface area contributed by atoms with E-state index in [1.165, 1.54) is 32.1 Å². The minimum Gasteiger partial charge on any atom is -0.355 e. The molecule has 4 nitrogen and oxygen atoms in total. The van der Waals surface area contributed by atoms with Crippen molar-refractivity contribution in [2.24, 2.45) is 11.8 Å². The summed E-state index contributed by atoms with van der Waals surface area (Å²) in [6.45, 7) is 1.49. The van der Waals surface area contributed by atoms with Crippen LogP contribution in [0, 0.1) is 11.8 Å². The fraction of sp³-hybridized carbons (Fsp3) is 0.867. The summed E-state index contributed by atoms with van der Waals surface area (Å²) in [5.74, 6) is 0.859. The molecule has 0 aromatic rings. The van der Waals surface area contributed by atoms with Gasteiger partial charge in [0.25, 0.3) is 0 Å². The molecule has 2 amide bonds. The molecule has 3 aliphatic rings. The van der Waals surface area contributed by atoms with Gasteiger partial charge in [0.05, 0.1) is 5.92 Å². The molecule has 1 saturated heterocycles. The van der Waals surface area contributed by atoms with Gasteiger partial charge in [0.2, 0.25) is 11.8 Å². The van der Waals surface area contributed by atoms with E-state index in [4.69, 9.17) is 0 Å². The minimum absolute atomic E-state index is 0.0340. The molecule has 0 spiro atoms. The van der Waals surface area contributed by atoms with Gasteiger partial charge in [-0.1, -0.05) is 19.3 Å². The van der Waals surface area contributed by atoms with Crippen molar-refractivity contribution in [2.75, 3.05) is 13.1 Å². The van der Waals surface area contributed by atoms with Crippen LogP contribution in [0.4, 0.5) is 0 Å². The van der Waals surface area contributed by atoms with E-state index in [1.807, 2.05) is 0 Å². The number of carbonyl (C=O) groups excluding carboxylic acids is 2. The lowest BCUT2D eigenvalue weighted by Gasteiger charge is -2.31. The number of nitrogens with zero attached hydrogens (tertiary/aromatic N) is 1. The van der Waals surface area contributed by atoms with Crippen LogP contribution in [-0.4, -0.2) is 35.8 Å². The third-order valence-electron chi connectivity index (χ3n) is 4.78. The molecule has 1 aliphatic heterocycles. The van der Waals surface area contributed by atoms with E-state index < -0.39 is 0 Å². The largest absolute Gasteiger partial charge is 0.355 e. The quantitative estimate of drug-likeness (QED) is 0.840. The van der Waals surface area contributed by atoms with Gasteiger partial charge in [0.1, 0.15) is 0 Å². The van der Waals surface area contributed by atoms with Crippen molar-refractivity contribution in [1.29, 1.82) is 0 Å². The number of rotatable bonds is 4. The Morgan fingerprint density at radius 3 is 2.47 bits per heavy atom. The molecule has 0 bridgehead atoms. The summed E-state index contributed by atoms with van der Waals surface area (Å²) in [7, 11) is 0. The number of hydrogen-bond donors (Lipinski definition) is 1. The fourth-order valence-corrected chi connectivity index (χ4v) is 3.47. The lowest BCUT2D eigenvalue weighted by atomic mass is 9.88. The van der Waals surface area contributed by atoms with Gasteiger partial charge in [0.15, 0.2) is 0 Å². The van der Waals surface area contributed by atoms with Crippen LogP contribution in [0.2, 0.25) is 0 Å². The molecule has 106 valence electrons. The van der Waals surface area contributed by atoms with Gasteiger partial charge in [-0.15, -0.1) is 0 Å². The Balaban J connectivity index is 1.60. The zero-order valence-electron chi connectivity index (χ0n) is 11.6. The van der Waals surface area contributed by atoms with Gasteiger partial charge in [-0.3, -0.25) is 9.59 Å². The molecule has 3 fully saturated rings. The first-order valence-corrected chi connectivity index (χ1v) is 7.81. The molecule has 0 aromatic heterocycles. The third kappa shape index (κ3) is 3.10. The highest BCUT2D eigenvalue weighted by atomic mass is 16.2. The van der Waals surface area contributed by atoms with E-state index in [0.29, 0.717) is 24.9 Å². The van der Waals surface area contributed by atoms with Crippen molar-refractivity contribution in [3.63, 3.8) is 0 Å². The van der Waals surface area contributed by atoms with Gasteiger partial charge in [-0.25, -0.2) is 0 Å². The Hall–Kier alpha value is -1.06. The molecular weight excluding hydrogens is 240 g/mol. The predicted molar refractivity (Wildman–Crippen MR) is 72.4 cm³/mol. The smallest absolute Gasteiger partial charge is 0.228 e. The van der Waals surface area contributed by atoms with Crippen molar-refractivity contribution in [1.82, 2.24) is 10.2 Å². The topological polar surface area (TPSA) is 49.4 Å². The SMILES string of the molecule is O=C1CC(C(=O)N(CC2CCCCC2)C2CC2)CN1. The highest BCUT2D eigenvalue weighted by Crippen LogP contribution is 2.33. The Bertz CT molecular complexity index is 359. The van der Waals surface area contributed by atoms with Crippen molar-refractivity contribution in [2.45, 2.75) is 57.4 Å². The zero-order valence-corrected chi connectivity index (χ0v) is 11.6. The molecule has 4 heteroatoms. The van der Waals surface area contributed by atoms with Gasteiger partial charge >= 0.3 is 0 Å². The Labute approximate surface area is 114 Å². The second kappa shape index (κ2) is 5.51. The Morgan fingerprint density at radius 1 is 1.16 bits per heavy atom. The molecular formula is C15H24N2O2. The van der Waals surface area contributed by atoms with Crippen LogP contribution in [0.25, 0.3) is 0 Å². The summed E-state index contributed by atoms with van der Waals surface area (Å²) in [5, 5.41) is 2.78. The molecule has 1 heterocycles. The van der Waals surface area contributed by atoms with E-state index in [2.05, 4.69) is 10.2 Å². The molecule has 1 unspecified atom stereocenters. The minimum atomic E-state index is -0.100. The third-order valence-corrected chi connectivity index (χ3v) is 4.78. The molecule has 1 atom stereocenters. The molecule has 0 radical (unpaired) electrons. The standard InChI is InChI=1S/C15H24N2O2/c18-14-8-12(9-16-14)15(19)17(13-6-7-13)10-11-4-2-1-3-5-11/h11-13H,1-10H2,(H,16,18). The molecule has 0 aromatic carbocycles. The molecule has 3 rings (SSSR count).